The number of fused-ring (bicyclic) bond motifs is 1. The maximum Gasteiger partial charge on any atom is 0.338 e. The lowest BCUT2D eigenvalue weighted by Gasteiger charge is -2.08. The molecule has 0 radical (unpaired) electrons. The van der Waals surface area contributed by atoms with E-state index in [0.717, 1.165) is 24.3 Å². The molecule has 0 fully saturated rings. The summed E-state index contributed by atoms with van der Waals surface area (Å²) in [4.78, 5) is 21.2. The van der Waals surface area contributed by atoms with Crippen molar-refractivity contribution < 1.29 is 22.9 Å². The topological polar surface area (TPSA) is 116 Å². The molecular formula is C14H10N2O6S. The normalized spacial score (nSPS) is 13.3. The molecule has 0 bridgehead atoms. The molecular weight excluding hydrogens is 324 g/mol. The Labute approximate surface area is 130 Å². The minimum atomic E-state index is -3.89. The molecule has 0 saturated heterocycles. The Morgan fingerprint density at radius 3 is 2.48 bits per heavy atom. The summed E-state index contributed by atoms with van der Waals surface area (Å²) in [6, 6.07) is 8.99. The van der Waals surface area contributed by atoms with Gasteiger partial charge in [-0.3, -0.25) is 14.8 Å². The molecule has 0 aliphatic carbocycles. The first-order valence-electron chi connectivity index (χ1n) is 6.44. The van der Waals surface area contributed by atoms with Gasteiger partial charge in [0.25, 0.3) is 15.7 Å². The summed E-state index contributed by atoms with van der Waals surface area (Å²) in [6.45, 7) is 0.0985. The van der Waals surface area contributed by atoms with E-state index in [0.29, 0.717) is 11.1 Å². The van der Waals surface area contributed by atoms with E-state index in [-0.39, 0.29) is 22.9 Å². The molecule has 1 aliphatic rings. The Bertz CT molecular complexity index is 905. The van der Waals surface area contributed by atoms with Crippen molar-refractivity contribution in [2.75, 3.05) is 4.72 Å². The van der Waals surface area contributed by atoms with Gasteiger partial charge in [-0.05, 0) is 30.3 Å². The van der Waals surface area contributed by atoms with Crippen LogP contribution in [0.25, 0.3) is 0 Å². The minimum Gasteiger partial charge on any atom is -0.457 e. The van der Waals surface area contributed by atoms with E-state index in [1.165, 1.54) is 18.2 Å². The highest BCUT2D eigenvalue weighted by Gasteiger charge is 2.22. The number of ether oxygens (including phenoxy) is 1. The van der Waals surface area contributed by atoms with Crippen molar-refractivity contribution in [1.82, 2.24) is 0 Å². The van der Waals surface area contributed by atoms with Gasteiger partial charge >= 0.3 is 5.97 Å². The number of carbonyl (C=O) groups excluding carboxylic acids is 1. The summed E-state index contributed by atoms with van der Waals surface area (Å²) < 4.78 is 31.7. The zero-order valence-electron chi connectivity index (χ0n) is 11.6. The van der Waals surface area contributed by atoms with Crippen molar-refractivity contribution in [2.45, 2.75) is 11.5 Å². The average molecular weight is 334 g/mol. The highest BCUT2D eigenvalue weighted by Crippen LogP contribution is 2.25. The maximum absolute atomic E-state index is 12.3. The fourth-order valence-electron chi connectivity index (χ4n) is 2.16. The van der Waals surface area contributed by atoms with Crippen molar-refractivity contribution in [3.63, 3.8) is 0 Å². The molecule has 1 N–H and O–H groups in total. The van der Waals surface area contributed by atoms with Crippen LogP contribution in [-0.2, 0) is 21.4 Å². The third-order valence-electron chi connectivity index (χ3n) is 3.29. The van der Waals surface area contributed by atoms with Crippen LogP contribution in [0.5, 0.6) is 0 Å². The van der Waals surface area contributed by atoms with E-state index in [1.807, 2.05) is 0 Å². The zero-order chi connectivity index (χ0) is 16.6. The van der Waals surface area contributed by atoms with Crippen LogP contribution in [0.2, 0.25) is 0 Å². The number of cyclic esters (lactones) is 1. The first-order valence-corrected chi connectivity index (χ1v) is 7.92. The number of rotatable bonds is 4. The number of nitrogens with zero attached hydrogens (tertiary/aromatic N) is 1. The van der Waals surface area contributed by atoms with Crippen LogP contribution in [0, 0.1) is 10.1 Å². The molecule has 0 amide bonds. The van der Waals surface area contributed by atoms with Gasteiger partial charge in [-0.25, -0.2) is 13.2 Å². The summed E-state index contributed by atoms with van der Waals surface area (Å²) in [5, 5.41) is 10.6. The lowest BCUT2D eigenvalue weighted by Crippen LogP contribution is -2.13. The van der Waals surface area contributed by atoms with E-state index in [9.17, 15) is 23.3 Å². The number of anilines is 1. The molecule has 9 heteroatoms. The van der Waals surface area contributed by atoms with E-state index in [2.05, 4.69) is 4.72 Å². The zero-order valence-corrected chi connectivity index (χ0v) is 12.4. The summed E-state index contributed by atoms with van der Waals surface area (Å²) in [6.07, 6.45) is 0. The minimum absolute atomic E-state index is 0.0985. The second kappa shape index (κ2) is 5.36. The number of nitro benzene ring substituents is 1. The molecule has 3 rings (SSSR count). The second-order valence-electron chi connectivity index (χ2n) is 4.80. The van der Waals surface area contributed by atoms with E-state index < -0.39 is 20.9 Å². The molecule has 2 aromatic carbocycles. The lowest BCUT2D eigenvalue weighted by atomic mass is 10.1. The van der Waals surface area contributed by atoms with Gasteiger partial charge in [0.05, 0.1) is 15.4 Å². The van der Waals surface area contributed by atoms with Gasteiger partial charge in [0.2, 0.25) is 0 Å². The van der Waals surface area contributed by atoms with Crippen molar-refractivity contribution in [3.05, 3.63) is 63.7 Å². The number of nitrogens with one attached hydrogen (secondary N) is 1. The summed E-state index contributed by atoms with van der Waals surface area (Å²) in [7, 11) is -3.89. The first-order chi connectivity index (χ1) is 10.9. The Balaban J connectivity index is 1.86. The molecule has 0 atom stereocenters. The molecule has 1 heterocycles. The van der Waals surface area contributed by atoms with Crippen molar-refractivity contribution in [1.29, 1.82) is 0 Å². The van der Waals surface area contributed by atoms with Gasteiger partial charge in [0.1, 0.15) is 6.61 Å². The molecule has 1 aliphatic heterocycles. The number of benzene rings is 2. The predicted molar refractivity (Wildman–Crippen MR) is 79.5 cm³/mol. The third-order valence-corrected chi connectivity index (χ3v) is 4.69. The van der Waals surface area contributed by atoms with Crippen molar-refractivity contribution in [3.8, 4) is 0 Å². The van der Waals surface area contributed by atoms with Gasteiger partial charge in [0.15, 0.2) is 0 Å². The molecule has 0 spiro atoms. The van der Waals surface area contributed by atoms with Crippen LogP contribution >= 0.6 is 0 Å². The highest BCUT2D eigenvalue weighted by molar-refractivity contribution is 7.92. The lowest BCUT2D eigenvalue weighted by molar-refractivity contribution is -0.384. The highest BCUT2D eigenvalue weighted by atomic mass is 32.2. The van der Waals surface area contributed by atoms with E-state index >= 15 is 0 Å². The summed E-state index contributed by atoms with van der Waals surface area (Å²) in [5.74, 6) is -0.440. The molecule has 118 valence electrons. The molecule has 0 saturated carbocycles. The monoisotopic (exact) mass is 334 g/mol. The maximum atomic E-state index is 12.3. The Kier molecular flexibility index (Phi) is 3.49. The number of hydrogen-bond donors (Lipinski definition) is 1. The average Bonchev–Trinajstić information content (AvgIpc) is 2.88. The number of hydrogen-bond acceptors (Lipinski definition) is 6. The van der Waals surface area contributed by atoms with Crippen LogP contribution in [0.15, 0.2) is 47.4 Å². The standard InChI is InChI=1S/C14H10N2O6S/c17-14-13-6-1-10(7-9(13)8-22-14)15-23(20,21)12-4-2-11(3-5-12)16(18)19/h1-7,15H,8H2. The van der Waals surface area contributed by atoms with Gasteiger partial charge in [-0.15, -0.1) is 0 Å². The smallest absolute Gasteiger partial charge is 0.338 e. The molecule has 23 heavy (non-hydrogen) atoms. The van der Waals surface area contributed by atoms with Crippen molar-refractivity contribution in [2.24, 2.45) is 0 Å². The first kappa shape index (κ1) is 15.0. The van der Waals surface area contributed by atoms with Gasteiger partial charge in [-0.2, -0.15) is 0 Å². The predicted octanol–water partition coefficient (Wildman–Crippen LogP) is 2.07. The van der Waals surface area contributed by atoms with Crippen LogP contribution in [0.1, 0.15) is 15.9 Å². The van der Waals surface area contributed by atoms with Crippen LogP contribution in [-0.4, -0.2) is 19.3 Å². The summed E-state index contributed by atoms with van der Waals surface area (Å²) >= 11 is 0. The van der Waals surface area contributed by atoms with Crippen LogP contribution < -0.4 is 4.72 Å². The Morgan fingerprint density at radius 2 is 1.83 bits per heavy atom. The number of carbonyl (C=O) groups is 1. The molecule has 2 aromatic rings. The van der Waals surface area contributed by atoms with Crippen LogP contribution in [0.4, 0.5) is 11.4 Å². The quantitative estimate of drug-likeness (QED) is 0.520. The number of nitro groups is 1. The number of non-ortho nitro benzene ring substituents is 1. The summed E-state index contributed by atoms with van der Waals surface area (Å²) in [5.41, 5.74) is 1.08. The fraction of sp³-hybridized carbons (Fsp3) is 0.0714. The van der Waals surface area contributed by atoms with E-state index in [4.69, 9.17) is 4.74 Å². The SMILES string of the molecule is O=C1OCc2cc(NS(=O)(=O)c3ccc([N+](=O)[O-])cc3)ccc21. The largest absolute Gasteiger partial charge is 0.457 e. The second-order valence-corrected chi connectivity index (χ2v) is 6.49. The Morgan fingerprint density at radius 1 is 1.13 bits per heavy atom. The number of esters is 1. The van der Waals surface area contributed by atoms with E-state index in [1.54, 1.807) is 0 Å². The molecule has 0 aromatic heterocycles. The van der Waals surface area contributed by atoms with Crippen molar-refractivity contribution >= 4 is 27.4 Å². The molecule has 8 nitrogen and oxygen atoms in total. The molecule has 0 unspecified atom stereocenters. The van der Waals surface area contributed by atoms with Crippen LogP contribution in [0.3, 0.4) is 0 Å². The van der Waals surface area contributed by atoms with Gasteiger partial charge < -0.3 is 4.74 Å². The number of sulfonamides is 1. The fourth-order valence-corrected chi connectivity index (χ4v) is 3.21. The third kappa shape index (κ3) is 2.86. The van der Waals surface area contributed by atoms with Gasteiger partial charge in [-0.1, -0.05) is 0 Å². The Hall–Kier alpha value is -2.94. The van der Waals surface area contributed by atoms with Gasteiger partial charge in [0, 0.05) is 23.4 Å².